The molecule has 8 heteroatoms. The summed E-state index contributed by atoms with van der Waals surface area (Å²) < 4.78 is 29.6. The van der Waals surface area contributed by atoms with Gasteiger partial charge in [0.25, 0.3) is 0 Å². The highest BCUT2D eigenvalue weighted by Crippen LogP contribution is 2.27. The quantitative estimate of drug-likeness (QED) is 0.876. The lowest BCUT2D eigenvalue weighted by atomic mass is 10.1. The minimum atomic E-state index is -3.48. The van der Waals surface area contributed by atoms with Gasteiger partial charge in [0.05, 0.1) is 11.4 Å². The van der Waals surface area contributed by atoms with Crippen molar-refractivity contribution in [2.24, 2.45) is 7.05 Å². The van der Waals surface area contributed by atoms with Crippen molar-refractivity contribution >= 4 is 22.4 Å². The van der Waals surface area contributed by atoms with E-state index in [9.17, 15) is 8.42 Å². The van der Waals surface area contributed by atoms with E-state index in [1.807, 2.05) is 13.8 Å². The molecule has 2 rings (SSSR count). The second-order valence-corrected chi connectivity index (χ2v) is 7.55. The van der Waals surface area contributed by atoms with Gasteiger partial charge in [-0.05, 0) is 46.2 Å². The van der Waals surface area contributed by atoms with Crippen molar-refractivity contribution in [1.29, 1.82) is 0 Å². The minimum absolute atomic E-state index is 0. The highest BCUT2D eigenvalue weighted by atomic mass is 35.5. The van der Waals surface area contributed by atoms with E-state index in [1.54, 1.807) is 23.0 Å². The van der Waals surface area contributed by atoms with Crippen molar-refractivity contribution in [1.82, 2.24) is 19.4 Å². The molecule has 0 radical (unpaired) electrons. The second-order valence-electron chi connectivity index (χ2n) is 5.72. The van der Waals surface area contributed by atoms with Crippen LogP contribution in [0.2, 0.25) is 0 Å². The summed E-state index contributed by atoms with van der Waals surface area (Å²) in [7, 11) is -1.69. The summed E-state index contributed by atoms with van der Waals surface area (Å²) in [6.45, 7) is 7.94. The maximum atomic E-state index is 13.1. The third-order valence-corrected chi connectivity index (χ3v) is 6.37. The first-order chi connectivity index (χ1) is 9.89. The van der Waals surface area contributed by atoms with Gasteiger partial charge in [-0.1, -0.05) is 6.92 Å². The van der Waals surface area contributed by atoms with Crippen molar-refractivity contribution in [2.45, 2.75) is 51.0 Å². The van der Waals surface area contributed by atoms with Gasteiger partial charge in [-0.3, -0.25) is 4.68 Å². The molecule has 1 aliphatic heterocycles. The fourth-order valence-electron chi connectivity index (χ4n) is 3.06. The van der Waals surface area contributed by atoms with Crippen LogP contribution in [0.4, 0.5) is 0 Å². The predicted molar refractivity (Wildman–Crippen MR) is 90.0 cm³/mol. The molecule has 0 bridgehead atoms. The van der Waals surface area contributed by atoms with E-state index in [1.165, 1.54) is 0 Å². The summed E-state index contributed by atoms with van der Waals surface area (Å²) in [5.74, 6) is 0. The highest BCUT2D eigenvalue weighted by Gasteiger charge is 2.35. The number of nitrogens with one attached hydrogen (secondary N) is 1. The van der Waals surface area contributed by atoms with Gasteiger partial charge in [0.1, 0.15) is 4.90 Å². The van der Waals surface area contributed by atoms with Gasteiger partial charge in [0.15, 0.2) is 0 Å². The number of piperidine rings is 1. The van der Waals surface area contributed by atoms with Crippen LogP contribution < -0.4 is 5.32 Å². The Kier molecular flexibility index (Phi) is 6.85. The average Bonchev–Trinajstić information content (AvgIpc) is 2.70. The van der Waals surface area contributed by atoms with E-state index >= 15 is 0 Å². The molecule has 0 saturated carbocycles. The molecule has 128 valence electrons. The smallest absolute Gasteiger partial charge is 0.246 e. The zero-order valence-electron chi connectivity index (χ0n) is 13.8. The number of rotatable bonds is 5. The fraction of sp³-hybridized carbons (Fsp3) is 0.786. The summed E-state index contributed by atoms with van der Waals surface area (Å²) in [6.07, 6.45) is 2.57. The van der Waals surface area contributed by atoms with Crippen LogP contribution in [0, 0.1) is 13.8 Å². The van der Waals surface area contributed by atoms with E-state index in [0.29, 0.717) is 22.8 Å². The third kappa shape index (κ3) is 3.64. The molecule has 2 heterocycles. The molecule has 0 unspecified atom stereocenters. The van der Waals surface area contributed by atoms with Crippen molar-refractivity contribution in [3.63, 3.8) is 0 Å². The molecule has 0 atom stereocenters. The normalized spacial score (nSPS) is 16.8. The topological polar surface area (TPSA) is 67.2 Å². The first kappa shape index (κ1) is 19.4. The number of nitrogens with zero attached hydrogens (tertiary/aromatic N) is 3. The van der Waals surface area contributed by atoms with Gasteiger partial charge in [0.2, 0.25) is 10.0 Å². The molecule has 1 fully saturated rings. The molecule has 0 spiro atoms. The lowest BCUT2D eigenvalue weighted by Crippen LogP contribution is -2.46. The number of hydrogen-bond donors (Lipinski definition) is 1. The van der Waals surface area contributed by atoms with Crippen LogP contribution in [-0.2, 0) is 17.1 Å². The van der Waals surface area contributed by atoms with Crippen LogP contribution in [0.5, 0.6) is 0 Å². The molecular weight excluding hydrogens is 324 g/mol. The number of aryl methyl sites for hydroxylation is 2. The Bertz CT molecular complexity index is 594. The molecule has 0 aliphatic carbocycles. The maximum absolute atomic E-state index is 13.1. The molecule has 1 aromatic rings. The lowest BCUT2D eigenvalue weighted by molar-refractivity contribution is 0.262. The van der Waals surface area contributed by atoms with E-state index in [2.05, 4.69) is 10.4 Å². The average molecular weight is 351 g/mol. The largest absolute Gasteiger partial charge is 0.317 e. The zero-order valence-corrected chi connectivity index (χ0v) is 15.4. The Hall–Kier alpha value is -0.630. The van der Waals surface area contributed by atoms with Crippen molar-refractivity contribution in [2.75, 3.05) is 19.6 Å². The molecule has 0 aromatic carbocycles. The van der Waals surface area contributed by atoms with Crippen LogP contribution in [0.15, 0.2) is 4.90 Å². The van der Waals surface area contributed by atoms with Crippen molar-refractivity contribution < 1.29 is 8.42 Å². The highest BCUT2D eigenvalue weighted by molar-refractivity contribution is 7.89. The Morgan fingerprint density at radius 1 is 1.32 bits per heavy atom. The fourth-order valence-corrected chi connectivity index (χ4v) is 5.24. The van der Waals surface area contributed by atoms with E-state index in [0.717, 1.165) is 32.4 Å². The van der Waals surface area contributed by atoms with Crippen LogP contribution in [0.3, 0.4) is 0 Å². The molecule has 1 N–H and O–H groups in total. The molecule has 6 nitrogen and oxygen atoms in total. The summed E-state index contributed by atoms with van der Waals surface area (Å²) in [6, 6.07) is 0.0928. The SMILES string of the molecule is CCCN(C1CCNCC1)S(=O)(=O)c1c(C)nn(C)c1C.Cl. The standard InChI is InChI=1S/C14H26N4O2S.ClH/c1-5-10-18(13-6-8-15-9-7-13)21(19,20)14-11(2)16-17(4)12(14)3;/h13,15H,5-10H2,1-4H3;1H. The van der Waals surface area contributed by atoms with Gasteiger partial charge < -0.3 is 5.32 Å². The predicted octanol–water partition coefficient (Wildman–Crippen LogP) is 1.61. The van der Waals surface area contributed by atoms with Crippen LogP contribution in [0.25, 0.3) is 0 Å². The lowest BCUT2D eigenvalue weighted by Gasteiger charge is -2.33. The Balaban J connectivity index is 0.00000242. The van der Waals surface area contributed by atoms with Gasteiger partial charge >= 0.3 is 0 Å². The summed E-state index contributed by atoms with van der Waals surface area (Å²) in [5.41, 5.74) is 1.30. The summed E-state index contributed by atoms with van der Waals surface area (Å²) in [4.78, 5) is 0.386. The van der Waals surface area contributed by atoms with Gasteiger partial charge in [-0.2, -0.15) is 9.40 Å². The number of sulfonamides is 1. The number of hydrogen-bond acceptors (Lipinski definition) is 4. The van der Waals surface area contributed by atoms with Crippen LogP contribution in [-0.4, -0.2) is 48.2 Å². The first-order valence-electron chi connectivity index (χ1n) is 7.62. The minimum Gasteiger partial charge on any atom is -0.317 e. The summed E-state index contributed by atoms with van der Waals surface area (Å²) >= 11 is 0. The number of aromatic nitrogens is 2. The van der Waals surface area contributed by atoms with Crippen molar-refractivity contribution in [3.05, 3.63) is 11.4 Å². The van der Waals surface area contributed by atoms with Gasteiger partial charge in [-0.15, -0.1) is 12.4 Å². The Morgan fingerprint density at radius 3 is 2.36 bits per heavy atom. The van der Waals surface area contributed by atoms with E-state index in [-0.39, 0.29) is 18.4 Å². The molecule has 0 amide bonds. The van der Waals surface area contributed by atoms with Crippen LogP contribution >= 0.6 is 12.4 Å². The van der Waals surface area contributed by atoms with E-state index in [4.69, 9.17) is 0 Å². The first-order valence-corrected chi connectivity index (χ1v) is 9.06. The Morgan fingerprint density at radius 2 is 1.91 bits per heavy atom. The van der Waals surface area contributed by atoms with E-state index < -0.39 is 10.0 Å². The molecule has 1 saturated heterocycles. The molecule has 1 aromatic heterocycles. The molecule has 22 heavy (non-hydrogen) atoms. The zero-order chi connectivity index (χ0) is 15.6. The summed E-state index contributed by atoms with van der Waals surface area (Å²) in [5, 5.41) is 7.55. The number of halogens is 1. The van der Waals surface area contributed by atoms with Crippen molar-refractivity contribution in [3.8, 4) is 0 Å². The van der Waals surface area contributed by atoms with Gasteiger partial charge in [0, 0.05) is 19.6 Å². The second kappa shape index (κ2) is 7.77. The molecule has 1 aliphatic rings. The Labute approximate surface area is 139 Å². The molecular formula is C14H27ClN4O2S. The maximum Gasteiger partial charge on any atom is 0.246 e. The van der Waals surface area contributed by atoms with Gasteiger partial charge in [-0.25, -0.2) is 8.42 Å². The van der Waals surface area contributed by atoms with Crippen LogP contribution in [0.1, 0.15) is 37.6 Å². The third-order valence-electron chi connectivity index (χ3n) is 4.17. The monoisotopic (exact) mass is 350 g/mol.